The van der Waals surface area contributed by atoms with Gasteiger partial charge in [-0.15, -0.1) is 0 Å². The van der Waals surface area contributed by atoms with E-state index in [1.165, 1.54) is 22.9 Å². The van der Waals surface area contributed by atoms with Gasteiger partial charge in [-0.2, -0.15) is 10.1 Å². The maximum Gasteiger partial charge on any atom is 0.244 e. The van der Waals surface area contributed by atoms with E-state index >= 15 is 0 Å². The molecule has 1 aliphatic heterocycles. The number of amides is 1. The van der Waals surface area contributed by atoms with Gasteiger partial charge in [0.1, 0.15) is 17.3 Å². The van der Waals surface area contributed by atoms with Crippen molar-refractivity contribution >= 4 is 23.4 Å². The summed E-state index contributed by atoms with van der Waals surface area (Å²) in [7, 11) is 1.79. The number of carbonyl (C=O) groups is 1. The van der Waals surface area contributed by atoms with Crippen LogP contribution in [0.4, 0.5) is 26.2 Å². The molecule has 0 spiro atoms. The van der Waals surface area contributed by atoms with Gasteiger partial charge in [0.25, 0.3) is 0 Å². The molecule has 0 saturated heterocycles. The molecule has 0 saturated carbocycles. The summed E-state index contributed by atoms with van der Waals surface area (Å²) < 4.78 is 29.1. The molecule has 2 aromatic heterocycles. The molecule has 2 N–H and O–H groups in total. The third-order valence-corrected chi connectivity index (χ3v) is 4.60. The second-order valence-electron chi connectivity index (χ2n) is 6.84. The van der Waals surface area contributed by atoms with Gasteiger partial charge in [0, 0.05) is 30.9 Å². The first-order valence-electron chi connectivity index (χ1n) is 8.98. The number of fused-ring (bicyclic) bond motifs is 1. The molecular formula is C19H19F2N7O. The van der Waals surface area contributed by atoms with Gasteiger partial charge in [-0.3, -0.25) is 9.48 Å². The van der Waals surface area contributed by atoms with Crippen LogP contribution in [0.25, 0.3) is 0 Å². The minimum Gasteiger partial charge on any atom is -0.350 e. The Balaban J connectivity index is 1.46. The number of carbonyl (C=O) groups excluding carboxylic acids is 1. The number of aryl methyl sites for hydroxylation is 1. The van der Waals surface area contributed by atoms with E-state index in [2.05, 4.69) is 25.7 Å². The van der Waals surface area contributed by atoms with Crippen molar-refractivity contribution in [1.29, 1.82) is 0 Å². The van der Waals surface area contributed by atoms with Gasteiger partial charge in [0.15, 0.2) is 5.82 Å². The van der Waals surface area contributed by atoms with Crippen LogP contribution in [0.1, 0.15) is 16.8 Å². The van der Waals surface area contributed by atoms with Gasteiger partial charge in [0.05, 0.1) is 25.0 Å². The molecule has 1 aromatic carbocycles. The number of benzene rings is 1. The molecule has 1 aliphatic rings. The quantitative estimate of drug-likeness (QED) is 0.685. The Morgan fingerprint density at radius 1 is 1.24 bits per heavy atom. The highest BCUT2D eigenvalue weighted by Gasteiger charge is 2.23. The molecule has 0 bridgehead atoms. The van der Waals surface area contributed by atoms with E-state index in [-0.39, 0.29) is 24.6 Å². The molecule has 0 fully saturated rings. The maximum atomic E-state index is 13.8. The molecule has 1 amide bonds. The number of aromatic nitrogens is 4. The summed E-state index contributed by atoms with van der Waals surface area (Å²) in [6, 6.07) is 3.77. The van der Waals surface area contributed by atoms with Crippen LogP contribution in [0, 0.1) is 18.6 Å². The fourth-order valence-corrected chi connectivity index (χ4v) is 3.14. The summed E-state index contributed by atoms with van der Waals surface area (Å²) in [5.41, 5.74) is 2.04. The summed E-state index contributed by atoms with van der Waals surface area (Å²) in [4.78, 5) is 22.3. The molecule has 3 heterocycles. The highest BCUT2D eigenvalue weighted by atomic mass is 19.1. The van der Waals surface area contributed by atoms with Crippen molar-refractivity contribution < 1.29 is 13.6 Å². The Morgan fingerprint density at radius 3 is 2.76 bits per heavy atom. The van der Waals surface area contributed by atoms with Crippen molar-refractivity contribution in [3.05, 3.63) is 59.0 Å². The topological polar surface area (TPSA) is 88.0 Å². The number of hydrogen-bond acceptors (Lipinski definition) is 6. The number of halogens is 2. The van der Waals surface area contributed by atoms with E-state index in [1.54, 1.807) is 31.3 Å². The first-order chi connectivity index (χ1) is 13.9. The molecule has 3 aromatic rings. The van der Waals surface area contributed by atoms with Crippen LogP contribution < -0.4 is 15.5 Å². The van der Waals surface area contributed by atoms with Crippen molar-refractivity contribution in [3.63, 3.8) is 0 Å². The van der Waals surface area contributed by atoms with Crippen molar-refractivity contribution in [2.24, 2.45) is 0 Å². The van der Waals surface area contributed by atoms with Gasteiger partial charge in [0.2, 0.25) is 11.9 Å². The molecule has 0 atom stereocenters. The summed E-state index contributed by atoms with van der Waals surface area (Å²) in [6.45, 7) is 2.40. The molecule has 0 unspecified atom stereocenters. The monoisotopic (exact) mass is 399 g/mol. The van der Waals surface area contributed by atoms with Gasteiger partial charge in [-0.05, 0) is 19.1 Å². The zero-order valence-electron chi connectivity index (χ0n) is 15.9. The molecule has 0 radical (unpaired) electrons. The predicted molar refractivity (Wildman–Crippen MR) is 104 cm³/mol. The SMILES string of the molecule is Cc1nc(NCc2cnn(Cc3c(F)cccc3F)c2)nc2c1NC(=O)CN2C. The van der Waals surface area contributed by atoms with Crippen LogP contribution in [0.3, 0.4) is 0 Å². The van der Waals surface area contributed by atoms with E-state index in [1.807, 2.05) is 0 Å². The van der Waals surface area contributed by atoms with E-state index in [0.717, 1.165) is 5.56 Å². The molecule has 0 aliphatic carbocycles. The number of likely N-dealkylation sites (N-methyl/N-ethyl adjacent to an activating group) is 1. The van der Waals surface area contributed by atoms with Gasteiger partial charge in [-0.25, -0.2) is 13.8 Å². The molecule has 10 heteroatoms. The lowest BCUT2D eigenvalue weighted by Gasteiger charge is -2.27. The van der Waals surface area contributed by atoms with Crippen LogP contribution in [-0.4, -0.2) is 39.2 Å². The average molecular weight is 399 g/mol. The van der Waals surface area contributed by atoms with Crippen LogP contribution in [0.2, 0.25) is 0 Å². The third-order valence-electron chi connectivity index (χ3n) is 4.60. The lowest BCUT2D eigenvalue weighted by atomic mass is 10.2. The van der Waals surface area contributed by atoms with Crippen molar-refractivity contribution in [3.8, 4) is 0 Å². The largest absolute Gasteiger partial charge is 0.350 e. The van der Waals surface area contributed by atoms with Crippen LogP contribution in [-0.2, 0) is 17.9 Å². The zero-order valence-corrected chi connectivity index (χ0v) is 15.9. The molecule has 150 valence electrons. The number of anilines is 3. The van der Waals surface area contributed by atoms with Gasteiger partial charge in [-0.1, -0.05) is 6.07 Å². The molecule has 29 heavy (non-hydrogen) atoms. The van der Waals surface area contributed by atoms with Crippen molar-refractivity contribution in [2.45, 2.75) is 20.0 Å². The highest BCUT2D eigenvalue weighted by molar-refractivity contribution is 6.00. The van der Waals surface area contributed by atoms with Gasteiger partial charge >= 0.3 is 0 Å². The van der Waals surface area contributed by atoms with E-state index < -0.39 is 11.6 Å². The van der Waals surface area contributed by atoms with Crippen molar-refractivity contribution in [2.75, 3.05) is 29.1 Å². The normalized spacial score (nSPS) is 13.2. The number of rotatable bonds is 5. The summed E-state index contributed by atoms with van der Waals surface area (Å²) >= 11 is 0. The Bertz CT molecular complexity index is 1060. The second kappa shape index (κ2) is 7.46. The number of nitrogens with zero attached hydrogens (tertiary/aromatic N) is 5. The number of nitrogens with one attached hydrogen (secondary N) is 2. The average Bonchev–Trinajstić information content (AvgIpc) is 3.12. The standard InChI is InChI=1S/C19H19F2N7O/c1-11-17-18(27(2)10-16(29)25-17)26-19(24-11)22-6-12-7-23-28(8-12)9-13-14(20)4-3-5-15(13)21/h3-5,7-8H,6,9-10H2,1-2H3,(H,25,29)(H,22,24,26). The summed E-state index contributed by atoms with van der Waals surface area (Å²) in [5, 5.41) is 10.1. The van der Waals surface area contributed by atoms with Gasteiger partial charge < -0.3 is 15.5 Å². The van der Waals surface area contributed by atoms with E-state index in [9.17, 15) is 13.6 Å². The van der Waals surface area contributed by atoms with Crippen LogP contribution in [0.15, 0.2) is 30.6 Å². The minimum absolute atomic E-state index is 0.00253. The lowest BCUT2D eigenvalue weighted by Crippen LogP contribution is -2.36. The minimum atomic E-state index is -0.602. The fourth-order valence-electron chi connectivity index (χ4n) is 3.14. The lowest BCUT2D eigenvalue weighted by molar-refractivity contribution is -0.115. The molecule has 8 nitrogen and oxygen atoms in total. The Hall–Kier alpha value is -3.56. The second-order valence-corrected chi connectivity index (χ2v) is 6.84. The van der Waals surface area contributed by atoms with Crippen LogP contribution in [0.5, 0.6) is 0 Å². The summed E-state index contributed by atoms with van der Waals surface area (Å²) in [5.74, 6) is -0.253. The summed E-state index contributed by atoms with van der Waals surface area (Å²) in [6.07, 6.45) is 3.32. The highest BCUT2D eigenvalue weighted by Crippen LogP contribution is 2.29. The van der Waals surface area contributed by atoms with E-state index in [4.69, 9.17) is 0 Å². The first-order valence-corrected chi connectivity index (χ1v) is 8.98. The van der Waals surface area contributed by atoms with E-state index in [0.29, 0.717) is 29.7 Å². The fraction of sp³-hybridized carbons (Fsp3) is 0.263. The Labute approximate surface area is 165 Å². The maximum absolute atomic E-state index is 13.8. The first kappa shape index (κ1) is 18.8. The Morgan fingerprint density at radius 2 is 2.00 bits per heavy atom. The molecule has 4 rings (SSSR count). The molecular weight excluding hydrogens is 380 g/mol. The van der Waals surface area contributed by atoms with Crippen LogP contribution >= 0.6 is 0 Å². The Kier molecular flexibility index (Phi) is 4.83. The van der Waals surface area contributed by atoms with Crippen molar-refractivity contribution in [1.82, 2.24) is 19.7 Å². The number of hydrogen-bond donors (Lipinski definition) is 2. The third kappa shape index (κ3) is 3.86. The predicted octanol–water partition coefficient (Wildman–Crippen LogP) is 2.31. The zero-order chi connectivity index (χ0) is 20.5. The smallest absolute Gasteiger partial charge is 0.244 e.